The first-order chi connectivity index (χ1) is 22.6. The second-order valence-electron chi connectivity index (χ2n) is 14.2. The number of hydrogen-bond acceptors (Lipinski definition) is 7. The highest BCUT2D eigenvalue weighted by atomic mass is 35.5. The number of benzene rings is 3. The van der Waals surface area contributed by atoms with Crippen LogP contribution in [0.3, 0.4) is 0 Å². The smallest absolute Gasteiger partial charge is 0.337 e. The maximum absolute atomic E-state index is 12.9. The molecule has 0 saturated carbocycles. The number of carbonyl (C=O) groups excluding carboxylic acids is 1. The van der Waals surface area contributed by atoms with E-state index in [1.165, 1.54) is 11.3 Å². The van der Waals surface area contributed by atoms with Crippen LogP contribution in [-0.2, 0) is 21.4 Å². The van der Waals surface area contributed by atoms with Gasteiger partial charge in [0.2, 0.25) is 5.91 Å². The molecule has 1 fully saturated rings. The molecule has 0 aliphatic carbocycles. The summed E-state index contributed by atoms with van der Waals surface area (Å²) in [6.07, 6.45) is 0.329. The highest BCUT2D eigenvalue weighted by molar-refractivity contribution is 7.22. The summed E-state index contributed by atoms with van der Waals surface area (Å²) in [6, 6.07) is 15.7. The minimum Gasteiger partial charge on any atom is -0.479 e. The van der Waals surface area contributed by atoms with E-state index >= 15 is 0 Å². The maximum atomic E-state index is 12.9. The number of hydrogen-bond donors (Lipinski definition) is 1. The van der Waals surface area contributed by atoms with E-state index in [4.69, 9.17) is 26.4 Å². The fourth-order valence-electron chi connectivity index (χ4n) is 6.74. The van der Waals surface area contributed by atoms with Gasteiger partial charge in [-0.25, -0.2) is 9.78 Å². The number of anilines is 1. The number of thiazole rings is 1. The third-order valence-electron chi connectivity index (χ3n) is 9.19. The number of carboxylic acids is 1. The zero-order chi connectivity index (χ0) is 34.7. The van der Waals surface area contributed by atoms with Crippen LogP contribution in [0.5, 0.6) is 0 Å². The number of fused-ring (bicyclic) bond motifs is 2. The Morgan fingerprint density at radius 2 is 1.71 bits per heavy atom. The third-order valence-corrected chi connectivity index (χ3v) is 10.6. The fraction of sp³-hybridized carbons (Fsp3) is 0.405. The Balaban J connectivity index is 1.46. The Kier molecular flexibility index (Phi) is 8.81. The number of amides is 1. The van der Waals surface area contributed by atoms with Crippen molar-refractivity contribution >= 4 is 61.8 Å². The monoisotopic (exact) mass is 687 g/mol. The molecule has 6 rings (SSSR count). The van der Waals surface area contributed by atoms with Crippen molar-refractivity contribution < 1.29 is 19.4 Å². The lowest BCUT2D eigenvalue weighted by Gasteiger charge is -2.39. The van der Waals surface area contributed by atoms with Crippen LogP contribution in [0.2, 0.25) is 5.02 Å². The van der Waals surface area contributed by atoms with Crippen LogP contribution in [0, 0.1) is 12.3 Å². The summed E-state index contributed by atoms with van der Waals surface area (Å²) in [5.74, 6) is 0.0200. The van der Waals surface area contributed by atoms with Crippen molar-refractivity contribution in [3.63, 3.8) is 0 Å². The molecular weight excluding hydrogens is 646 g/mol. The topological polar surface area (TPSA) is 101 Å². The number of rotatable bonds is 7. The Morgan fingerprint density at radius 3 is 2.31 bits per heavy atom. The SMILES string of the molecule is Cc1cc2nc(-c3ccc4c(c3)c(N3CCC(C)(C(=O)N(C)C)CC3)nn4C)sc2c(-c2ccc(Cl)cc2)c1[C@H](OC(C)(C)C)C(=O)O. The zero-order valence-electron chi connectivity index (χ0n) is 28.7. The summed E-state index contributed by atoms with van der Waals surface area (Å²) >= 11 is 7.81. The number of carboxylic acid groups (broad SMARTS) is 1. The first-order valence-corrected chi connectivity index (χ1v) is 17.3. The maximum Gasteiger partial charge on any atom is 0.337 e. The number of piperidine rings is 1. The van der Waals surface area contributed by atoms with Gasteiger partial charge in [-0.1, -0.05) is 30.7 Å². The molecule has 48 heavy (non-hydrogen) atoms. The van der Waals surface area contributed by atoms with Gasteiger partial charge in [0, 0.05) is 66.7 Å². The quantitative estimate of drug-likeness (QED) is 0.184. The van der Waals surface area contributed by atoms with Crippen LogP contribution in [0.1, 0.15) is 57.8 Å². The van der Waals surface area contributed by atoms with Gasteiger partial charge >= 0.3 is 5.97 Å². The van der Waals surface area contributed by atoms with Crippen LogP contribution in [0.4, 0.5) is 5.82 Å². The van der Waals surface area contributed by atoms with Gasteiger partial charge in [-0.05, 0) is 88.1 Å². The molecule has 9 nitrogen and oxygen atoms in total. The van der Waals surface area contributed by atoms with Crippen molar-refractivity contribution in [1.82, 2.24) is 19.7 Å². The number of nitrogens with zero attached hydrogens (tertiary/aromatic N) is 5. The van der Waals surface area contributed by atoms with Gasteiger partial charge in [0.15, 0.2) is 11.9 Å². The second-order valence-corrected chi connectivity index (χ2v) is 15.7. The molecule has 1 amide bonds. The largest absolute Gasteiger partial charge is 0.479 e. The molecule has 3 aromatic carbocycles. The molecule has 1 aliphatic rings. The molecule has 2 aromatic heterocycles. The molecule has 5 aromatic rings. The first kappa shape index (κ1) is 33.9. The lowest BCUT2D eigenvalue weighted by molar-refractivity contribution is -0.160. The van der Waals surface area contributed by atoms with E-state index in [0.717, 1.165) is 80.1 Å². The van der Waals surface area contributed by atoms with Gasteiger partial charge in [0.25, 0.3) is 0 Å². The predicted molar refractivity (Wildman–Crippen MR) is 194 cm³/mol. The van der Waals surface area contributed by atoms with Crippen LogP contribution >= 0.6 is 22.9 Å². The third kappa shape index (κ3) is 6.29. The van der Waals surface area contributed by atoms with Gasteiger partial charge in [0.1, 0.15) is 5.01 Å². The number of aliphatic carboxylic acids is 1. The average Bonchev–Trinajstić information content (AvgIpc) is 3.59. The van der Waals surface area contributed by atoms with Gasteiger partial charge in [-0.3, -0.25) is 9.48 Å². The van der Waals surface area contributed by atoms with E-state index in [1.807, 2.05) is 83.9 Å². The number of halogens is 1. The van der Waals surface area contributed by atoms with E-state index in [0.29, 0.717) is 10.6 Å². The molecule has 3 heterocycles. The van der Waals surface area contributed by atoms with Gasteiger partial charge in [-0.2, -0.15) is 5.10 Å². The molecule has 0 radical (unpaired) electrons. The average molecular weight is 688 g/mol. The van der Waals surface area contributed by atoms with Gasteiger partial charge in [0.05, 0.1) is 21.3 Å². The molecule has 252 valence electrons. The van der Waals surface area contributed by atoms with E-state index in [1.54, 1.807) is 4.90 Å². The van der Waals surface area contributed by atoms with Crippen molar-refractivity contribution in [2.45, 2.75) is 59.2 Å². The highest BCUT2D eigenvalue weighted by Crippen LogP contribution is 2.45. The number of carbonyl (C=O) groups is 2. The van der Waals surface area contributed by atoms with Gasteiger partial charge in [-0.15, -0.1) is 11.3 Å². The first-order valence-electron chi connectivity index (χ1n) is 16.1. The zero-order valence-corrected chi connectivity index (χ0v) is 30.3. The van der Waals surface area contributed by atoms with Crippen LogP contribution in [-0.4, -0.2) is 69.4 Å². The molecule has 0 unspecified atom stereocenters. The van der Waals surface area contributed by atoms with Crippen molar-refractivity contribution in [2.75, 3.05) is 32.1 Å². The molecule has 11 heteroatoms. The molecule has 0 spiro atoms. The summed E-state index contributed by atoms with van der Waals surface area (Å²) in [6.45, 7) is 11.0. The Hall–Kier alpha value is -3.99. The molecule has 1 aliphatic heterocycles. The summed E-state index contributed by atoms with van der Waals surface area (Å²) in [4.78, 5) is 34.7. The number of aryl methyl sites for hydroxylation is 2. The lowest BCUT2D eigenvalue weighted by atomic mass is 9.79. The number of aromatic nitrogens is 3. The Morgan fingerprint density at radius 1 is 1.06 bits per heavy atom. The van der Waals surface area contributed by atoms with Gasteiger partial charge < -0.3 is 19.6 Å². The fourth-order valence-corrected chi connectivity index (χ4v) is 7.99. The predicted octanol–water partition coefficient (Wildman–Crippen LogP) is 8.11. The van der Waals surface area contributed by atoms with Crippen molar-refractivity contribution in [1.29, 1.82) is 0 Å². The molecular formula is C37H42ClN5O4S. The highest BCUT2D eigenvalue weighted by Gasteiger charge is 2.39. The number of ether oxygens (including phenoxy) is 1. The summed E-state index contributed by atoms with van der Waals surface area (Å²) in [7, 11) is 5.59. The van der Waals surface area contributed by atoms with Crippen molar-refractivity contribution in [3.8, 4) is 21.7 Å². The van der Waals surface area contributed by atoms with Crippen LogP contribution in [0.25, 0.3) is 42.8 Å². The van der Waals surface area contributed by atoms with Crippen molar-refractivity contribution in [3.05, 3.63) is 64.7 Å². The summed E-state index contributed by atoms with van der Waals surface area (Å²) in [5, 5.41) is 17.8. The molecule has 0 bridgehead atoms. The van der Waals surface area contributed by atoms with E-state index in [-0.39, 0.29) is 11.3 Å². The van der Waals surface area contributed by atoms with Crippen LogP contribution in [0.15, 0.2) is 48.5 Å². The standard InChI is InChI=1S/C37H42ClN5O4S/c1-21-19-26-31(29(22-9-12-24(38)13-10-22)28(21)30(34(44)45)47-36(2,3)4)48-33(39-26)23-11-14-27-25(20-23)32(40-42(27)8)43-17-15-37(5,16-18-43)35(46)41(6)7/h9-14,19-20,30H,15-18H2,1-8H3,(H,44,45)/t30-/m0/s1. The molecule has 1 saturated heterocycles. The van der Waals surface area contributed by atoms with E-state index in [9.17, 15) is 14.7 Å². The van der Waals surface area contributed by atoms with Crippen molar-refractivity contribution in [2.24, 2.45) is 12.5 Å². The van der Waals surface area contributed by atoms with Crippen LogP contribution < -0.4 is 4.90 Å². The van der Waals surface area contributed by atoms with E-state index < -0.39 is 17.7 Å². The Labute approximate surface area is 290 Å². The summed E-state index contributed by atoms with van der Waals surface area (Å²) in [5.41, 5.74) is 4.70. The minimum atomic E-state index is -1.18. The normalized spacial score (nSPS) is 15.6. The minimum absolute atomic E-state index is 0.169. The Bertz CT molecular complexity index is 2040. The lowest BCUT2D eigenvalue weighted by Crippen LogP contribution is -2.47. The van der Waals surface area contributed by atoms with E-state index in [2.05, 4.69) is 30.0 Å². The second kappa shape index (κ2) is 12.5. The summed E-state index contributed by atoms with van der Waals surface area (Å²) < 4.78 is 8.96. The molecule has 1 atom stereocenters. The molecule has 1 N–H and O–H groups in total.